The number of fused-ring (bicyclic) bond motifs is 1. The maximum atomic E-state index is 12.1. The fourth-order valence-corrected chi connectivity index (χ4v) is 3.22. The van der Waals surface area contributed by atoms with Crippen molar-refractivity contribution < 1.29 is 4.79 Å². The molecule has 1 heterocycles. The van der Waals surface area contributed by atoms with Gasteiger partial charge in [0.1, 0.15) is 0 Å². The van der Waals surface area contributed by atoms with Crippen molar-refractivity contribution in [2.24, 2.45) is 0 Å². The largest absolute Gasteiger partial charge is 0.350 e. The summed E-state index contributed by atoms with van der Waals surface area (Å²) in [5, 5.41) is 3.98. The number of aromatic nitrogens is 1. The highest BCUT2D eigenvalue weighted by molar-refractivity contribution is 7.20. The summed E-state index contributed by atoms with van der Waals surface area (Å²) in [7, 11) is 0. The summed E-state index contributed by atoms with van der Waals surface area (Å²) in [5.41, 5.74) is 1.96. The van der Waals surface area contributed by atoms with Crippen molar-refractivity contribution in [3.8, 4) is 0 Å². The SMILES string of the molecule is O=C(NCCc1ccccc1)c1nc2cccc(Cl)c2s1. The molecule has 1 amide bonds. The fraction of sp³-hybridized carbons (Fsp3) is 0.125. The zero-order valence-electron chi connectivity index (χ0n) is 11.2. The number of hydrogen-bond donors (Lipinski definition) is 1. The van der Waals surface area contributed by atoms with Crippen molar-refractivity contribution >= 4 is 39.1 Å². The molecule has 0 saturated carbocycles. The van der Waals surface area contributed by atoms with E-state index < -0.39 is 0 Å². The molecule has 5 heteroatoms. The first-order valence-corrected chi connectivity index (χ1v) is 7.80. The van der Waals surface area contributed by atoms with Gasteiger partial charge in [-0.1, -0.05) is 48.0 Å². The lowest BCUT2D eigenvalue weighted by Crippen LogP contribution is -2.25. The smallest absolute Gasteiger partial charge is 0.280 e. The van der Waals surface area contributed by atoms with Crippen molar-refractivity contribution in [3.05, 3.63) is 64.1 Å². The van der Waals surface area contributed by atoms with Crippen LogP contribution in [0.4, 0.5) is 0 Å². The molecule has 106 valence electrons. The van der Waals surface area contributed by atoms with Crippen LogP contribution in [-0.4, -0.2) is 17.4 Å². The number of thiazole rings is 1. The topological polar surface area (TPSA) is 42.0 Å². The van der Waals surface area contributed by atoms with Crippen molar-refractivity contribution in [2.75, 3.05) is 6.54 Å². The summed E-state index contributed by atoms with van der Waals surface area (Å²) in [6.07, 6.45) is 0.804. The number of carbonyl (C=O) groups excluding carboxylic acids is 1. The number of nitrogens with one attached hydrogen (secondary N) is 1. The van der Waals surface area contributed by atoms with E-state index in [9.17, 15) is 4.79 Å². The summed E-state index contributed by atoms with van der Waals surface area (Å²) in [4.78, 5) is 16.4. The van der Waals surface area contributed by atoms with Crippen molar-refractivity contribution in [1.29, 1.82) is 0 Å². The highest BCUT2D eigenvalue weighted by atomic mass is 35.5. The molecule has 0 atom stereocenters. The first-order valence-electron chi connectivity index (χ1n) is 6.61. The predicted octanol–water partition coefficient (Wildman–Crippen LogP) is 3.92. The number of nitrogens with zero attached hydrogens (tertiary/aromatic N) is 1. The summed E-state index contributed by atoms with van der Waals surface area (Å²) >= 11 is 7.42. The molecule has 0 fully saturated rings. The molecule has 3 rings (SSSR count). The van der Waals surface area contributed by atoms with Crippen LogP contribution in [0.3, 0.4) is 0 Å². The minimum absolute atomic E-state index is 0.150. The lowest BCUT2D eigenvalue weighted by atomic mass is 10.1. The number of hydrogen-bond acceptors (Lipinski definition) is 3. The van der Waals surface area contributed by atoms with Gasteiger partial charge in [0.2, 0.25) is 0 Å². The maximum absolute atomic E-state index is 12.1. The number of amides is 1. The Balaban J connectivity index is 1.65. The summed E-state index contributed by atoms with van der Waals surface area (Å²) in [5.74, 6) is -0.150. The molecule has 0 spiro atoms. The maximum Gasteiger partial charge on any atom is 0.280 e. The van der Waals surface area contributed by atoms with Gasteiger partial charge in [-0.3, -0.25) is 4.79 Å². The zero-order valence-corrected chi connectivity index (χ0v) is 12.7. The normalized spacial score (nSPS) is 10.7. The molecular formula is C16H13ClN2OS. The molecule has 0 aliphatic carbocycles. The number of halogens is 1. The van der Waals surface area contributed by atoms with Gasteiger partial charge in [-0.15, -0.1) is 11.3 Å². The van der Waals surface area contributed by atoms with Crippen LogP contribution in [0.5, 0.6) is 0 Å². The van der Waals surface area contributed by atoms with Crippen LogP contribution in [0.1, 0.15) is 15.4 Å². The van der Waals surface area contributed by atoms with Gasteiger partial charge < -0.3 is 5.32 Å². The Bertz CT molecular complexity index is 770. The van der Waals surface area contributed by atoms with Gasteiger partial charge >= 0.3 is 0 Å². The molecular weight excluding hydrogens is 304 g/mol. The van der Waals surface area contributed by atoms with Gasteiger partial charge in [0.25, 0.3) is 5.91 Å². The van der Waals surface area contributed by atoms with Gasteiger partial charge in [-0.25, -0.2) is 4.98 Å². The molecule has 0 radical (unpaired) electrons. The Kier molecular flexibility index (Phi) is 4.18. The van der Waals surface area contributed by atoms with Crippen molar-refractivity contribution in [1.82, 2.24) is 10.3 Å². The van der Waals surface area contributed by atoms with Crippen molar-refractivity contribution in [2.45, 2.75) is 6.42 Å². The first kappa shape index (κ1) is 14.0. The van der Waals surface area contributed by atoms with Crippen LogP contribution in [0.2, 0.25) is 5.02 Å². The Morgan fingerprint density at radius 2 is 1.95 bits per heavy atom. The van der Waals surface area contributed by atoms with E-state index in [0.717, 1.165) is 16.6 Å². The van der Waals surface area contributed by atoms with E-state index >= 15 is 0 Å². The van der Waals surface area contributed by atoms with E-state index in [0.29, 0.717) is 16.6 Å². The molecule has 1 aromatic heterocycles. The van der Waals surface area contributed by atoms with Crippen LogP contribution in [0, 0.1) is 0 Å². The van der Waals surface area contributed by atoms with Gasteiger partial charge in [0.15, 0.2) is 5.01 Å². The summed E-state index contributed by atoms with van der Waals surface area (Å²) in [6.45, 7) is 0.590. The second-order valence-corrected chi connectivity index (χ2v) is 6.00. The fourth-order valence-electron chi connectivity index (χ4n) is 2.05. The van der Waals surface area contributed by atoms with Gasteiger partial charge in [0, 0.05) is 6.54 Å². The highest BCUT2D eigenvalue weighted by Gasteiger charge is 2.13. The van der Waals surface area contributed by atoms with Crippen LogP contribution in [0.25, 0.3) is 10.2 Å². The summed E-state index contributed by atoms with van der Waals surface area (Å²) in [6, 6.07) is 15.6. The molecule has 2 aromatic carbocycles. The lowest BCUT2D eigenvalue weighted by Gasteiger charge is -2.02. The van der Waals surface area contributed by atoms with Gasteiger partial charge in [0.05, 0.1) is 15.2 Å². The van der Waals surface area contributed by atoms with Crippen molar-refractivity contribution in [3.63, 3.8) is 0 Å². The van der Waals surface area contributed by atoms with Gasteiger partial charge in [-0.2, -0.15) is 0 Å². The second-order valence-electron chi connectivity index (χ2n) is 4.60. The second kappa shape index (κ2) is 6.24. The minimum atomic E-state index is -0.150. The van der Waals surface area contributed by atoms with E-state index in [1.54, 1.807) is 6.07 Å². The molecule has 0 unspecified atom stereocenters. The Morgan fingerprint density at radius 3 is 2.71 bits per heavy atom. The molecule has 3 aromatic rings. The third-order valence-corrected chi connectivity index (χ3v) is 4.63. The predicted molar refractivity (Wildman–Crippen MR) is 87.1 cm³/mol. The molecule has 0 bridgehead atoms. The van der Waals surface area contributed by atoms with Crippen LogP contribution >= 0.6 is 22.9 Å². The molecule has 0 aliphatic heterocycles. The average molecular weight is 317 g/mol. The number of benzene rings is 2. The molecule has 3 nitrogen and oxygen atoms in total. The van der Waals surface area contributed by atoms with E-state index in [1.165, 1.54) is 16.9 Å². The third-order valence-electron chi connectivity index (χ3n) is 3.10. The zero-order chi connectivity index (χ0) is 14.7. The summed E-state index contributed by atoms with van der Waals surface area (Å²) < 4.78 is 0.854. The third kappa shape index (κ3) is 3.23. The van der Waals surface area contributed by atoms with E-state index in [1.807, 2.05) is 42.5 Å². The monoisotopic (exact) mass is 316 g/mol. The first-order chi connectivity index (χ1) is 10.2. The average Bonchev–Trinajstić information content (AvgIpc) is 2.94. The molecule has 0 saturated heterocycles. The van der Waals surface area contributed by atoms with Gasteiger partial charge in [-0.05, 0) is 24.1 Å². The van der Waals surface area contributed by atoms with E-state index in [-0.39, 0.29) is 5.91 Å². The number of carbonyl (C=O) groups is 1. The Morgan fingerprint density at radius 1 is 1.14 bits per heavy atom. The number of rotatable bonds is 4. The van der Waals surface area contributed by atoms with Crippen LogP contribution < -0.4 is 5.32 Å². The minimum Gasteiger partial charge on any atom is -0.350 e. The lowest BCUT2D eigenvalue weighted by molar-refractivity contribution is 0.0954. The Labute approximate surface area is 131 Å². The quantitative estimate of drug-likeness (QED) is 0.792. The standard InChI is InChI=1S/C16H13ClN2OS/c17-12-7-4-8-13-14(12)21-16(19-13)15(20)18-10-9-11-5-2-1-3-6-11/h1-8H,9-10H2,(H,18,20). The van der Waals surface area contributed by atoms with Crippen LogP contribution in [0.15, 0.2) is 48.5 Å². The Hall–Kier alpha value is -1.91. The van der Waals surface area contributed by atoms with Crippen LogP contribution in [-0.2, 0) is 6.42 Å². The van der Waals surface area contributed by atoms with E-state index in [4.69, 9.17) is 11.6 Å². The molecule has 1 N–H and O–H groups in total. The highest BCUT2D eigenvalue weighted by Crippen LogP contribution is 2.28. The van der Waals surface area contributed by atoms with E-state index in [2.05, 4.69) is 10.3 Å². The molecule has 21 heavy (non-hydrogen) atoms. The molecule has 0 aliphatic rings.